The van der Waals surface area contributed by atoms with E-state index >= 15 is 0 Å². The molecule has 0 atom stereocenters. The van der Waals surface area contributed by atoms with Crippen molar-refractivity contribution in [1.29, 1.82) is 0 Å². The normalized spacial score (nSPS) is 13.0. The van der Waals surface area contributed by atoms with Crippen LogP contribution in [0.15, 0.2) is 72.8 Å². The van der Waals surface area contributed by atoms with Crippen LogP contribution in [0.2, 0.25) is 0 Å². The molecule has 0 bridgehead atoms. The molecule has 0 amide bonds. The van der Waals surface area contributed by atoms with Gasteiger partial charge in [-0.3, -0.25) is 0 Å². The van der Waals surface area contributed by atoms with Gasteiger partial charge in [0.05, 0.1) is 0 Å². The molecule has 0 spiro atoms. The molecule has 0 aromatic heterocycles. The van der Waals surface area contributed by atoms with E-state index in [2.05, 4.69) is 72.8 Å². The van der Waals surface area contributed by atoms with Crippen LogP contribution in [0.4, 0.5) is 0 Å². The SMILES string of the molecule is c1cc2c3cccc4c5cccc6c7cccc(c(c1)c2c34)c7c65. The van der Waals surface area contributed by atoms with Gasteiger partial charge in [-0.15, -0.1) is 0 Å². The highest BCUT2D eigenvalue weighted by atomic mass is 14.2. The van der Waals surface area contributed by atoms with Crippen LogP contribution in [0.25, 0.3) is 64.6 Å². The molecule has 0 heteroatoms. The second-order valence-electron chi connectivity index (χ2n) is 6.91. The maximum absolute atomic E-state index is 2.29. The molecule has 0 aliphatic heterocycles. The molecule has 0 radical (unpaired) electrons. The Balaban J connectivity index is 2.03. The molecule has 0 unspecified atom stereocenters. The number of hydrogen-bond acceptors (Lipinski definition) is 0. The summed E-state index contributed by atoms with van der Waals surface area (Å²) in [4.78, 5) is 0. The van der Waals surface area contributed by atoms with Gasteiger partial charge in [-0.05, 0) is 64.6 Å². The molecular formula is C24H12. The number of fused-ring (bicyclic) bond motifs is 4. The van der Waals surface area contributed by atoms with Gasteiger partial charge in [0.15, 0.2) is 0 Å². The fraction of sp³-hybridized carbons (Fsp3) is 0. The van der Waals surface area contributed by atoms with Crippen LogP contribution in [0.3, 0.4) is 0 Å². The average Bonchev–Trinajstić information content (AvgIpc) is 2.60. The van der Waals surface area contributed by atoms with Crippen molar-refractivity contribution < 1.29 is 0 Å². The Labute approximate surface area is 137 Å². The van der Waals surface area contributed by atoms with E-state index in [9.17, 15) is 0 Å². The first-order chi connectivity index (χ1) is 11.9. The quantitative estimate of drug-likeness (QED) is 0.285. The van der Waals surface area contributed by atoms with Crippen LogP contribution in [0.1, 0.15) is 0 Å². The van der Waals surface area contributed by atoms with Crippen molar-refractivity contribution in [1.82, 2.24) is 0 Å². The molecule has 7 aromatic carbocycles. The molecule has 0 saturated heterocycles. The van der Waals surface area contributed by atoms with Crippen molar-refractivity contribution in [2.75, 3.05) is 0 Å². The summed E-state index contributed by atoms with van der Waals surface area (Å²) in [6.45, 7) is 0. The van der Waals surface area contributed by atoms with Crippen LogP contribution in [0.5, 0.6) is 0 Å². The van der Waals surface area contributed by atoms with E-state index in [1.807, 2.05) is 0 Å². The van der Waals surface area contributed by atoms with Crippen molar-refractivity contribution in [3.63, 3.8) is 0 Å². The molecule has 0 saturated carbocycles. The Morgan fingerprint density at radius 1 is 0.250 bits per heavy atom. The highest BCUT2D eigenvalue weighted by molar-refractivity contribution is 6.46. The topological polar surface area (TPSA) is 0 Å². The molecular weight excluding hydrogens is 288 g/mol. The first-order valence-electron chi connectivity index (χ1n) is 8.48. The monoisotopic (exact) mass is 300 g/mol. The lowest BCUT2D eigenvalue weighted by molar-refractivity contribution is 1.80. The van der Waals surface area contributed by atoms with E-state index in [1.54, 1.807) is 0 Å². The molecule has 0 fully saturated rings. The number of rotatable bonds is 0. The standard InChI is InChI=1S/C24H12/c1-5-13-14-6-2-11-19-20-12-4-8-16-15-7-3-10-18(23(15)24(16)20)17(9-1)21(13)22(14)19/h1-12H. The predicted octanol–water partition coefficient (Wildman–Crippen LogP) is 6.92. The van der Waals surface area contributed by atoms with E-state index in [-0.39, 0.29) is 0 Å². The maximum atomic E-state index is 2.29. The lowest BCUT2D eigenvalue weighted by Crippen LogP contribution is -1.93. The van der Waals surface area contributed by atoms with Gasteiger partial charge in [0.25, 0.3) is 0 Å². The first kappa shape index (κ1) is 11.4. The van der Waals surface area contributed by atoms with Gasteiger partial charge in [0, 0.05) is 0 Å². The summed E-state index contributed by atoms with van der Waals surface area (Å²) in [7, 11) is 0. The van der Waals surface area contributed by atoms with Crippen LogP contribution >= 0.6 is 0 Å². The second kappa shape index (κ2) is 3.52. The molecule has 0 N–H and O–H groups in total. The van der Waals surface area contributed by atoms with Crippen LogP contribution in [-0.4, -0.2) is 0 Å². The third-order valence-corrected chi connectivity index (χ3v) is 5.92. The third-order valence-electron chi connectivity index (χ3n) is 5.92. The van der Waals surface area contributed by atoms with Gasteiger partial charge >= 0.3 is 0 Å². The first-order valence-corrected chi connectivity index (χ1v) is 8.48. The number of hydrogen-bond donors (Lipinski definition) is 0. The zero-order valence-electron chi connectivity index (χ0n) is 12.9. The molecule has 0 aliphatic carbocycles. The highest BCUT2D eigenvalue weighted by Crippen LogP contribution is 2.49. The summed E-state index contributed by atoms with van der Waals surface area (Å²) in [5.74, 6) is 0. The molecule has 0 aliphatic rings. The van der Waals surface area contributed by atoms with Crippen molar-refractivity contribution >= 4 is 64.6 Å². The Morgan fingerprint density at radius 3 is 0.583 bits per heavy atom. The average molecular weight is 300 g/mol. The Hall–Kier alpha value is -3.12. The van der Waals surface area contributed by atoms with E-state index in [0.717, 1.165) is 0 Å². The van der Waals surface area contributed by atoms with Gasteiger partial charge in [-0.2, -0.15) is 0 Å². The summed E-state index contributed by atoms with van der Waals surface area (Å²) in [5.41, 5.74) is 0. The summed E-state index contributed by atoms with van der Waals surface area (Å²) in [6, 6.07) is 27.0. The van der Waals surface area contributed by atoms with Gasteiger partial charge in [-0.1, -0.05) is 72.8 Å². The summed E-state index contributed by atoms with van der Waals surface area (Å²) in [6.07, 6.45) is 0. The largest absolute Gasteiger partial charge is 0.0610 e. The summed E-state index contributed by atoms with van der Waals surface area (Å²) in [5, 5.41) is 17.0. The van der Waals surface area contributed by atoms with E-state index in [1.165, 1.54) is 64.6 Å². The summed E-state index contributed by atoms with van der Waals surface area (Å²) < 4.78 is 0. The van der Waals surface area contributed by atoms with E-state index < -0.39 is 0 Å². The molecule has 108 valence electrons. The minimum absolute atomic E-state index is 1.39. The highest BCUT2D eigenvalue weighted by Gasteiger charge is 2.20. The smallest absolute Gasteiger partial charge is 0.00139 e. The Bertz CT molecular complexity index is 1240. The van der Waals surface area contributed by atoms with Crippen molar-refractivity contribution in [3.8, 4) is 0 Å². The maximum Gasteiger partial charge on any atom is -0.00139 e. The summed E-state index contributed by atoms with van der Waals surface area (Å²) >= 11 is 0. The minimum Gasteiger partial charge on any atom is -0.0610 e. The van der Waals surface area contributed by atoms with Gasteiger partial charge < -0.3 is 0 Å². The second-order valence-corrected chi connectivity index (χ2v) is 6.91. The lowest BCUT2D eigenvalue weighted by atomic mass is 9.81. The Kier molecular flexibility index (Phi) is 1.67. The van der Waals surface area contributed by atoms with Crippen LogP contribution in [-0.2, 0) is 0 Å². The van der Waals surface area contributed by atoms with E-state index in [0.29, 0.717) is 0 Å². The molecule has 0 nitrogen and oxygen atoms in total. The molecule has 24 heavy (non-hydrogen) atoms. The molecule has 7 aromatic rings. The number of benzene rings is 4. The zero-order chi connectivity index (χ0) is 15.4. The van der Waals surface area contributed by atoms with Gasteiger partial charge in [0.2, 0.25) is 0 Å². The van der Waals surface area contributed by atoms with Crippen molar-refractivity contribution in [2.24, 2.45) is 0 Å². The lowest BCUT2D eigenvalue weighted by Gasteiger charge is -2.21. The van der Waals surface area contributed by atoms with E-state index in [4.69, 9.17) is 0 Å². The fourth-order valence-corrected chi connectivity index (χ4v) is 4.96. The molecule has 0 heterocycles. The van der Waals surface area contributed by atoms with Gasteiger partial charge in [-0.25, -0.2) is 0 Å². The van der Waals surface area contributed by atoms with Gasteiger partial charge in [0.1, 0.15) is 0 Å². The van der Waals surface area contributed by atoms with Crippen molar-refractivity contribution in [3.05, 3.63) is 72.8 Å². The third kappa shape index (κ3) is 1.02. The zero-order valence-corrected chi connectivity index (χ0v) is 12.9. The van der Waals surface area contributed by atoms with Crippen LogP contribution in [0, 0.1) is 0 Å². The Morgan fingerprint density at radius 2 is 0.417 bits per heavy atom. The predicted molar refractivity (Wildman–Crippen MR) is 105 cm³/mol. The minimum atomic E-state index is 1.39. The fourth-order valence-electron chi connectivity index (χ4n) is 4.96. The van der Waals surface area contributed by atoms with Crippen LogP contribution < -0.4 is 0 Å². The molecule has 7 rings (SSSR count). The van der Waals surface area contributed by atoms with Crippen molar-refractivity contribution in [2.45, 2.75) is 0 Å².